The molecule has 1 fully saturated rings. The SMILES string of the molecule is Cc1cc(OC2CCN(c3c(C#N)c(NCc4ccc(Cl)cc4)nc4ccccc34)CC2)no1. The van der Waals surface area contributed by atoms with E-state index in [0.29, 0.717) is 28.8 Å². The summed E-state index contributed by atoms with van der Waals surface area (Å²) in [5, 5.41) is 19.1. The number of hydrogen-bond donors (Lipinski definition) is 1. The second kappa shape index (κ2) is 9.62. The topological polar surface area (TPSA) is 87.2 Å². The molecule has 7 nitrogen and oxygen atoms in total. The fourth-order valence-electron chi connectivity index (χ4n) is 4.31. The zero-order valence-corrected chi connectivity index (χ0v) is 19.5. The van der Waals surface area contributed by atoms with Crippen LogP contribution < -0.4 is 15.0 Å². The highest BCUT2D eigenvalue weighted by Gasteiger charge is 2.26. The van der Waals surface area contributed by atoms with Crippen LogP contribution in [0.25, 0.3) is 10.9 Å². The van der Waals surface area contributed by atoms with Crippen molar-refractivity contribution in [3.8, 4) is 11.9 Å². The van der Waals surface area contributed by atoms with Gasteiger partial charge >= 0.3 is 0 Å². The van der Waals surface area contributed by atoms with Crippen LogP contribution in [0, 0.1) is 18.3 Å². The van der Waals surface area contributed by atoms with Crippen LogP contribution in [0.1, 0.15) is 29.7 Å². The van der Waals surface area contributed by atoms with Crippen LogP contribution in [0.5, 0.6) is 5.88 Å². The molecule has 1 saturated heterocycles. The van der Waals surface area contributed by atoms with E-state index in [1.165, 1.54) is 0 Å². The van der Waals surface area contributed by atoms with E-state index in [9.17, 15) is 5.26 Å². The highest BCUT2D eigenvalue weighted by atomic mass is 35.5. The van der Waals surface area contributed by atoms with E-state index in [1.54, 1.807) is 6.07 Å². The van der Waals surface area contributed by atoms with E-state index in [1.807, 2.05) is 55.5 Å². The Morgan fingerprint density at radius 3 is 2.65 bits per heavy atom. The van der Waals surface area contributed by atoms with Crippen LogP contribution in [-0.2, 0) is 6.54 Å². The van der Waals surface area contributed by atoms with Crippen molar-refractivity contribution in [3.05, 3.63) is 76.5 Å². The zero-order valence-electron chi connectivity index (χ0n) is 18.8. The molecule has 0 atom stereocenters. The molecule has 0 saturated carbocycles. The van der Waals surface area contributed by atoms with Crippen LogP contribution >= 0.6 is 11.6 Å². The number of rotatable bonds is 6. The molecule has 172 valence electrons. The summed E-state index contributed by atoms with van der Waals surface area (Å²) in [5.74, 6) is 1.84. The molecule has 8 heteroatoms. The molecule has 0 unspecified atom stereocenters. The number of fused-ring (bicyclic) bond motifs is 1. The Bertz CT molecular complexity index is 1340. The second-order valence-corrected chi connectivity index (χ2v) is 8.81. The van der Waals surface area contributed by atoms with Gasteiger partial charge in [0, 0.05) is 49.0 Å². The summed E-state index contributed by atoms with van der Waals surface area (Å²) in [5.41, 5.74) is 3.39. The lowest BCUT2D eigenvalue weighted by atomic mass is 10.0. The summed E-state index contributed by atoms with van der Waals surface area (Å²) in [7, 11) is 0. The van der Waals surface area contributed by atoms with Crippen LogP contribution in [0.3, 0.4) is 0 Å². The molecule has 34 heavy (non-hydrogen) atoms. The number of para-hydroxylation sites is 1. The maximum Gasteiger partial charge on any atom is 0.254 e. The highest BCUT2D eigenvalue weighted by Crippen LogP contribution is 2.36. The van der Waals surface area contributed by atoms with E-state index in [0.717, 1.165) is 53.8 Å². The summed E-state index contributed by atoms with van der Waals surface area (Å²) < 4.78 is 11.1. The third-order valence-electron chi connectivity index (χ3n) is 6.00. The summed E-state index contributed by atoms with van der Waals surface area (Å²) in [4.78, 5) is 7.05. The monoisotopic (exact) mass is 473 g/mol. The van der Waals surface area contributed by atoms with Crippen molar-refractivity contribution < 1.29 is 9.26 Å². The molecule has 2 aromatic carbocycles. The maximum absolute atomic E-state index is 10.2. The first-order valence-electron chi connectivity index (χ1n) is 11.3. The average Bonchev–Trinajstić information content (AvgIpc) is 3.27. The van der Waals surface area contributed by atoms with Gasteiger partial charge in [-0.2, -0.15) is 5.26 Å². The Balaban J connectivity index is 1.40. The van der Waals surface area contributed by atoms with Gasteiger partial charge in [0.1, 0.15) is 29.3 Å². The number of nitriles is 1. The third-order valence-corrected chi connectivity index (χ3v) is 6.25. The fraction of sp³-hybridized carbons (Fsp3) is 0.269. The molecule has 1 aliphatic rings. The number of aromatic nitrogens is 2. The van der Waals surface area contributed by atoms with Gasteiger partial charge in [-0.25, -0.2) is 4.98 Å². The van der Waals surface area contributed by atoms with E-state index in [2.05, 4.69) is 21.4 Å². The molecular weight excluding hydrogens is 450 g/mol. The smallest absolute Gasteiger partial charge is 0.254 e. The number of ether oxygens (including phenoxy) is 1. The first-order valence-corrected chi connectivity index (χ1v) is 11.6. The molecule has 1 aliphatic heterocycles. The first-order chi connectivity index (χ1) is 16.6. The number of aryl methyl sites for hydroxylation is 1. The van der Waals surface area contributed by atoms with Crippen molar-refractivity contribution in [1.29, 1.82) is 5.26 Å². The Hall–Kier alpha value is -3.76. The van der Waals surface area contributed by atoms with Gasteiger partial charge in [-0.3, -0.25) is 0 Å². The lowest BCUT2D eigenvalue weighted by Gasteiger charge is -2.34. The Morgan fingerprint density at radius 1 is 1.18 bits per heavy atom. The van der Waals surface area contributed by atoms with Crippen molar-refractivity contribution in [2.45, 2.75) is 32.4 Å². The maximum atomic E-state index is 10.2. The number of nitrogens with zero attached hydrogens (tertiary/aromatic N) is 4. The number of piperidine rings is 1. The summed E-state index contributed by atoms with van der Waals surface area (Å²) >= 11 is 6.01. The van der Waals surface area contributed by atoms with Gasteiger partial charge < -0.3 is 19.5 Å². The Morgan fingerprint density at radius 2 is 1.94 bits per heavy atom. The normalized spacial score (nSPS) is 14.2. The highest BCUT2D eigenvalue weighted by molar-refractivity contribution is 6.30. The van der Waals surface area contributed by atoms with Gasteiger partial charge in [-0.15, -0.1) is 0 Å². The van der Waals surface area contributed by atoms with Crippen LogP contribution in [0.2, 0.25) is 5.02 Å². The zero-order chi connectivity index (χ0) is 23.5. The van der Waals surface area contributed by atoms with E-state index >= 15 is 0 Å². The second-order valence-electron chi connectivity index (χ2n) is 8.37. The number of hydrogen-bond acceptors (Lipinski definition) is 7. The van der Waals surface area contributed by atoms with Crippen LogP contribution in [-0.4, -0.2) is 29.3 Å². The van der Waals surface area contributed by atoms with Gasteiger partial charge in [-0.1, -0.05) is 41.9 Å². The van der Waals surface area contributed by atoms with Crippen molar-refractivity contribution in [2.75, 3.05) is 23.3 Å². The summed E-state index contributed by atoms with van der Waals surface area (Å²) in [6.07, 6.45) is 1.70. The standard InChI is InChI=1S/C26H24ClN5O2/c1-17-14-24(31-34-17)33-20-10-12-32(13-11-20)25-21-4-2-3-5-23(21)30-26(22(25)15-28)29-16-18-6-8-19(27)9-7-18/h2-9,14,20H,10-13,16H2,1H3,(H,29,30). The molecule has 0 bridgehead atoms. The molecule has 1 N–H and O–H groups in total. The fourth-order valence-corrected chi connectivity index (χ4v) is 4.44. The Labute approximate surface area is 202 Å². The quantitative estimate of drug-likeness (QED) is 0.383. The predicted molar refractivity (Wildman–Crippen MR) is 132 cm³/mol. The van der Waals surface area contributed by atoms with Gasteiger partial charge in [0.15, 0.2) is 0 Å². The van der Waals surface area contributed by atoms with E-state index < -0.39 is 0 Å². The third kappa shape index (κ3) is 4.63. The van der Waals surface area contributed by atoms with Gasteiger partial charge in [0.25, 0.3) is 5.88 Å². The van der Waals surface area contributed by atoms with Crippen LogP contribution in [0.4, 0.5) is 11.5 Å². The molecule has 2 aromatic heterocycles. The lowest BCUT2D eigenvalue weighted by molar-refractivity contribution is 0.156. The molecule has 3 heterocycles. The summed E-state index contributed by atoms with van der Waals surface area (Å²) in [6.45, 7) is 3.92. The minimum absolute atomic E-state index is 0.0573. The molecule has 0 amide bonds. The summed E-state index contributed by atoms with van der Waals surface area (Å²) in [6, 6.07) is 19.8. The number of benzene rings is 2. The van der Waals surface area contributed by atoms with Crippen molar-refractivity contribution >= 4 is 34.0 Å². The van der Waals surface area contributed by atoms with Crippen LogP contribution in [0.15, 0.2) is 59.1 Å². The van der Waals surface area contributed by atoms with Gasteiger partial charge in [-0.05, 0) is 35.8 Å². The van der Waals surface area contributed by atoms with Crippen molar-refractivity contribution in [2.24, 2.45) is 0 Å². The minimum Gasteiger partial charge on any atom is -0.472 e. The molecule has 0 spiro atoms. The van der Waals surface area contributed by atoms with Gasteiger partial charge in [0.2, 0.25) is 0 Å². The average molecular weight is 474 g/mol. The minimum atomic E-state index is 0.0573. The Kier molecular flexibility index (Phi) is 6.24. The number of halogens is 1. The molecule has 4 aromatic rings. The molecular formula is C26H24ClN5O2. The first kappa shape index (κ1) is 22.1. The molecule has 0 aliphatic carbocycles. The number of nitrogens with one attached hydrogen (secondary N) is 1. The van der Waals surface area contributed by atoms with Crippen molar-refractivity contribution in [1.82, 2.24) is 10.1 Å². The molecule has 5 rings (SSSR count). The van der Waals surface area contributed by atoms with Gasteiger partial charge in [0.05, 0.1) is 11.2 Å². The largest absolute Gasteiger partial charge is 0.472 e. The molecule has 0 radical (unpaired) electrons. The number of anilines is 2. The lowest BCUT2D eigenvalue weighted by Crippen LogP contribution is -2.39. The van der Waals surface area contributed by atoms with E-state index in [4.69, 9.17) is 25.8 Å². The van der Waals surface area contributed by atoms with Crippen molar-refractivity contribution in [3.63, 3.8) is 0 Å². The number of pyridine rings is 1. The predicted octanol–water partition coefficient (Wildman–Crippen LogP) is 5.72. The van der Waals surface area contributed by atoms with E-state index in [-0.39, 0.29) is 6.10 Å².